The molecule has 10 heavy (non-hydrogen) atoms. The highest BCUT2D eigenvalue weighted by Gasteiger charge is 2.19. The van der Waals surface area contributed by atoms with Crippen molar-refractivity contribution in [2.45, 2.75) is 19.0 Å². The fraction of sp³-hybridized carbons (Fsp3) is 1.00. The van der Waals surface area contributed by atoms with E-state index in [-0.39, 0.29) is 6.61 Å². The van der Waals surface area contributed by atoms with Crippen LogP contribution in [0, 0.1) is 5.92 Å². The van der Waals surface area contributed by atoms with Crippen molar-refractivity contribution in [3.63, 3.8) is 0 Å². The Morgan fingerprint density at radius 2 is 2.50 bits per heavy atom. The van der Waals surface area contributed by atoms with Gasteiger partial charge in [-0.15, -0.1) is 0 Å². The number of hydrogen-bond donors (Lipinski definition) is 1. The lowest BCUT2D eigenvalue weighted by molar-refractivity contribution is 0.156. The van der Waals surface area contributed by atoms with Gasteiger partial charge in [0.25, 0.3) is 0 Å². The first kappa shape index (κ1) is 8.34. The van der Waals surface area contributed by atoms with Crippen LogP contribution in [0.4, 0.5) is 4.39 Å². The van der Waals surface area contributed by atoms with E-state index in [1.165, 1.54) is 5.75 Å². The molecule has 1 rings (SSSR count). The topological polar surface area (TPSA) is 20.2 Å². The van der Waals surface area contributed by atoms with Crippen LogP contribution in [0.3, 0.4) is 0 Å². The van der Waals surface area contributed by atoms with Crippen LogP contribution in [0.2, 0.25) is 0 Å². The van der Waals surface area contributed by atoms with Gasteiger partial charge in [-0.1, -0.05) is 0 Å². The predicted molar refractivity (Wildman–Crippen MR) is 42.0 cm³/mol. The molecule has 1 fully saturated rings. The van der Waals surface area contributed by atoms with Crippen molar-refractivity contribution in [3.8, 4) is 0 Å². The van der Waals surface area contributed by atoms with Crippen LogP contribution in [-0.4, -0.2) is 29.4 Å². The van der Waals surface area contributed by atoms with Gasteiger partial charge in [0.05, 0.1) is 6.61 Å². The summed E-state index contributed by atoms with van der Waals surface area (Å²) in [5.74, 6) is 2.77. The molecule has 0 saturated carbocycles. The molecule has 1 aliphatic rings. The molecule has 0 aromatic rings. The maximum absolute atomic E-state index is 12.5. The summed E-state index contributed by atoms with van der Waals surface area (Å²) >= 11 is 1.89. The van der Waals surface area contributed by atoms with Gasteiger partial charge in [-0.05, 0) is 30.3 Å². The minimum Gasteiger partial charge on any atom is -0.393 e. The van der Waals surface area contributed by atoms with Gasteiger partial charge in [0.15, 0.2) is 0 Å². The summed E-state index contributed by atoms with van der Waals surface area (Å²) in [5.41, 5.74) is 0. The molecular formula is C7H13FOS. The molecule has 0 aromatic heterocycles. The monoisotopic (exact) mass is 164 g/mol. The number of aliphatic hydroxyl groups excluding tert-OH is 1. The Labute approximate surface area is 65.0 Å². The molecule has 1 saturated heterocycles. The summed E-state index contributed by atoms with van der Waals surface area (Å²) < 4.78 is 12.5. The second kappa shape index (κ2) is 4.19. The van der Waals surface area contributed by atoms with Crippen LogP contribution in [0.15, 0.2) is 0 Å². The van der Waals surface area contributed by atoms with Gasteiger partial charge in [0.1, 0.15) is 6.17 Å². The summed E-state index contributed by atoms with van der Waals surface area (Å²) in [5, 5.41) is 8.41. The minimum absolute atomic E-state index is 0.304. The maximum Gasteiger partial charge on any atom is 0.123 e. The average Bonchev–Trinajstić information content (AvgIpc) is 2.40. The van der Waals surface area contributed by atoms with Gasteiger partial charge < -0.3 is 5.11 Å². The Hall–Kier alpha value is 0.240. The maximum atomic E-state index is 12.5. The van der Waals surface area contributed by atoms with Crippen LogP contribution in [0.25, 0.3) is 0 Å². The zero-order valence-electron chi connectivity index (χ0n) is 5.92. The van der Waals surface area contributed by atoms with E-state index in [2.05, 4.69) is 0 Å². The van der Waals surface area contributed by atoms with Crippen LogP contribution in [0.1, 0.15) is 12.8 Å². The molecule has 0 aromatic carbocycles. The zero-order valence-corrected chi connectivity index (χ0v) is 6.74. The van der Waals surface area contributed by atoms with E-state index in [0.29, 0.717) is 12.3 Å². The van der Waals surface area contributed by atoms with Crippen LogP contribution in [0.5, 0.6) is 0 Å². The third kappa shape index (κ3) is 2.46. The van der Waals surface area contributed by atoms with Crippen molar-refractivity contribution in [3.05, 3.63) is 0 Å². The first-order valence-corrected chi connectivity index (χ1v) is 4.81. The Balaban J connectivity index is 2.11. The summed E-state index contributed by atoms with van der Waals surface area (Å²) in [6.07, 6.45) is 0.706. The quantitative estimate of drug-likeness (QED) is 0.681. The summed E-state index contributed by atoms with van der Waals surface area (Å²) in [6, 6.07) is 0. The number of hydrogen-bond acceptors (Lipinski definition) is 2. The minimum atomic E-state index is -0.983. The summed E-state index contributed by atoms with van der Waals surface area (Å²) in [6.45, 7) is -0.304. The smallest absolute Gasteiger partial charge is 0.123 e. The van der Waals surface area contributed by atoms with Gasteiger partial charge >= 0.3 is 0 Å². The Bertz CT molecular complexity index is 93.6. The highest BCUT2D eigenvalue weighted by Crippen LogP contribution is 2.27. The number of alkyl halides is 1. The van der Waals surface area contributed by atoms with Crippen molar-refractivity contribution in [2.75, 3.05) is 18.1 Å². The zero-order chi connectivity index (χ0) is 7.40. The van der Waals surface area contributed by atoms with E-state index >= 15 is 0 Å². The van der Waals surface area contributed by atoms with E-state index in [1.807, 2.05) is 11.8 Å². The second-order valence-electron chi connectivity index (χ2n) is 2.75. The summed E-state index contributed by atoms with van der Waals surface area (Å²) in [7, 11) is 0. The van der Waals surface area contributed by atoms with E-state index in [4.69, 9.17) is 5.11 Å². The Morgan fingerprint density at radius 1 is 1.70 bits per heavy atom. The van der Waals surface area contributed by atoms with Crippen molar-refractivity contribution in [1.29, 1.82) is 0 Å². The average molecular weight is 164 g/mol. The molecule has 0 aliphatic carbocycles. The molecule has 2 unspecified atom stereocenters. The SMILES string of the molecule is OCC(F)CC1CCSC1. The molecule has 1 nitrogen and oxygen atoms in total. The number of halogens is 1. The van der Waals surface area contributed by atoms with Crippen molar-refractivity contribution >= 4 is 11.8 Å². The molecule has 1 N–H and O–H groups in total. The molecule has 0 amide bonds. The Kier molecular flexibility index (Phi) is 3.49. The second-order valence-corrected chi connectivity index (χ2v) is 3.90. The molecular weight excluding hydrogens is 151 g/mol. The fourth-order valence-electron chi connectivity index (χ4n) is 1.21. The first-order valence-electron chi connectivity index (χ1n) is 3.65. The lowest BCUT2D eigenvalue weighted by Gasteiger charge is -2.09. The highest BCUT2D eigenvalue weighted by molar-refractivity contribution is 7.99. The third-order valence-electron chi connectivity index (χ3n) is 1.81. The van der Waals surface area contributed by atoms with Crippen LogP contribution < -0.4 is 0 Å². The van der Waals surface area contributed by atoms with E-state index in [9.17, 15) is 4.39 Å². The lowest BCUT2D eigenvalue weighted by Crippen LogP contribution is -2.12. The molecule has 2 atom stereocenters. The molecule has 1 aliphatic heterocycles. The number of rotatable bonds is 3. The Morgan fingerprint density at radius 3 is 3.00 bits per heavy atom. The van der Waals surface area contributed by atoms with Gasteiger partial charge in [-0.3, -0.25) is 0 Å². The van der Waals surface area contributed by atoms with Gasteiger partial charge in [-0.2, -0.15) is 11.8 Å². The third-order valence-corrected chi connectivity index (χ3v) is 3.04. The first-order chi connectivity index (χ1) is 4.83. The summed E-state index contributed by atoms with van der Waals surface area (Å²) in [4.78, 5) is 0. The predicted octanol–water partition coefficient (Wildman–Crippen LogP) is 1.46. The molecule has 60 valence electrons. The molecule has 0 radical (unpaired) electrons. The fourth-order valence-corrected chi connectivity index (χ4v) is 2.51. The molecule has 0 spiro atoms. The lowest BCUT2D eigenvalue weighted by atomic mass is 10.0. The molecule has 3 heteroatoms. The molecule has 1 heterocycles. The standard InChI is InChI=1S/C7H13FOS/c8-7(4-9)3-6-1-2-10-5-6/h6-7,9H,1-5H2. The van der Waals surface area contributed by atoms with Gasteiger partial charge in [0.2, 0.25) is 0 Å². The normalized spacial score (nSPS) is 28.8. The van der Waals surface area contributed by atoms with Crippen LogP contribution >= 0.6 is 11.8 Å². The van der Waals surface area contributed by atoms with Gasteiger partial charge in [0, 0.05) is 0 Å². The van der Waals surface area contributed by atoms with Crippen molar-refractivity contribution in [2.24, 2.45) is 5.92 Å². The highest BCUT2D eigenvalue weighted by atomic mass is 32.2. The van der Waals surface area contributed by atoms with Crippen LogP contribution in [-0.2, 0) is 0 Å². The van der Waals surface area contributed by atoms with Crippen molar-refractivity contribution in [1.82, 2.24) is 0 Å². The molecule has 0 bridgehead atoms. The van der Waals surface area contributed by atoms with E-state index < -0.39 is 6.17 Å². The van der Waals surface area contributed by atoms with E-state index in [1.54, 1.807) is 0 Å². The largest absolute Gasteiger partial charge is 0.393 e. The van der Waals surface area contributed by atoms with Crippen molar-refractivity contribution < 1.29 is 9.50 Å². The number of aliphatic hydroxyl groups is 1. The van der Waals surface area contributed by atoms with E-state index in [0.717, 1.165) is 12.2 Å². The van der Waals surface area contributed by atoms with Gasteiger partial charge in [-0.25, -0.2) is 4.39 Å². The number of thioether (sulfide) groups is 1.